The van der Waals surface area contributed by atoms with Gasteiger partial charge in [0.2, 0.25) is 6.41 Å². The highest BCUT2D eigenvalue weighted by Gasteiger charge is 2.28. The van der Waals surface area contributed by atoms with E-state index in [1.54, 1.807) is 7.11 Å². The van der Waals surface area contributed by atoms with E-state index in [0.29, 0.717) is 13.2 Å². The fourth-order valence-corrected chi connectivity index (χ4v) is 4.61. The Morgan fingerprint density at radius 2 is 2.16 bits per heavy atom. The Kier molecular flexibility index (Phi) is 6.40. The van der Waals surface area contributed by atoms with Gasteiger partial charge in [-0.15, -0.1) is 0 Å². The van der Waals surface area contributed by atoms with E-state index in [4.69, 9.17) is 9.47 Å². The van der Waals surface area contributed by atoms with E-state index < -0.39 is 0 Å². The van der Waals surface area contributed by atoms with Crippen LogP contribution in [0.25, 0.3) is 10.9 Å². The minimum Gasteiger partial charge on any atom is -0.493 e. The second kappa shape index (κ2) is 9.39. The zero-order valence-corrected chi connectivity index (χ0v) is 19.0. The predicted molar refractivity (Wildman–Crippen MR) is 128 cm³/mol. The summed E-state index contributed by atoms with van der Waals surface area (Å²) in [5, 5.41) is 4.48. The number of fused-ring (bicyclic) bond motifs is 2. The lowest BCUT2D eigenvalue weighted by molar-refractivity contribution is -0.120. The highest BCUT2D eigenvalue weighted by atomic mass is 16.5. The zero-order valence-electron chi connectivity index (χ0n) is 19.0. The molecule has 1 unspecified atom stereocenters. The number of benzene rings is 2. The van der Waals surface area contributed by atoms with Gasteiger partial charge in [0.05, 0.1) is 19.8 Å². The van der Waals surface area contributed by atoms with E-state index in [2.05, 4.69) is 47.3 Å². The molecule has 6 nitrogen and oxygen atoms in total. The van der Waals surface area contributed by atoms with Crippen LogP contribution in [0.15, 0.2) is 48.8 Å². The standard InChI is InChI=1S/C26H31N3O3/c1-5-32-26-14-22-18(12-25(26)31-4)10-11-29(16-30)24(22)9-6-19-15-27-23-8-7-20(13-21(19)23)28-17(2)3/h7-8,12-16,24,27-28H,2,5-6,9-11H2,1,3-4H3. The molecule has 0 saturated carbocycles. The summed E-state index contributed by atoms with van der Waals surface area (Å²) in [6.07, 6.45) is 5.54. The minimum atomic E-state index is 0.00281. The lowest BCUT2D eigenvalue weighted by Gasteiger charge is -2.35. The maximum Gasteiger partial charge on any atom is 0.210 e. The van der Waals surface area contributed by atoms with Gasteiger partial charge in [-0.05, 0) is 80.1 Å². The first-order valence-electron chi connectivity index (χ1n) is 11.1. The van der Waals surface area contributed by atoms with Crippen LogP contribution in [0.5, 0.6) is 11.5 Å². The van der Waals surface area contributed by atoms with E-state index in [-0.39, 0.29) is 6.04 Å². The van der Waals surface area contributed by atoms with Gasteiger partial charge >= 0.3 is 0 Å². The van der Waals surface area contributed by atoms with Gasteiger partial charge < -0.3 is 24.7 Å². The topological polar surface area (TPSA) is 66.6 Å². The van der Waals surface area contributed by atoms with Crippen LogP contribution in [0.3, 0.4) is 0 Å². The number of ether oxygens (including phenoxy) is 2. The number of nitrogens with one attached hydrogen (secondary N) is 2. The third-order valence-corrected chi connectivity index (χ3v) is 6.07. The number of anilines is 1. The molecule has 6 heteroatoms. The van der Waals surface area contributed by atoms with Crippen molar-refractivity contribution in [3.63, 3.8) is 0 Å². The Hall–Kier alpha value is -3.41. The van der Waals surface area contributed by atoms with Crippen LogP contribution in [0, 0.1) is 0 Å². The van der Waals surface area contributed by atoms with Crippen LogP contribution in [0.4, 0.5) is 5.69 Å². The van der Waals surface area contributed by atoms with E-state index in [1.165, 1.54) is 16.5 Å². The number of carbonyl (C=O) groups is 1. The van der Waals surface area contributed by atoms with Crippen molar-refractivity contribution in [2.75, 3.05) is 25.6 Å². The number of carbonyl (C=O) groups excluding carboxylic acids is 1. The molecule has 32 heavy (non-hydrogen) atoms. The number of hydrogen-bond acceptors (Lipinski definition) is 4. The Labute approximate surface area is 189 Å². The summed E-state index contributed by atoms with van der Waals surface area (Å²) in [7, 11) is 1.66. The van der Waals surface area contributed by atoms with Crippen LogP contribution in [-0.2, 0) is 17.6 Å². The minimum absolute atomic E-state index is 0.00281. The molecule has 1 atom stereocenters. The summed E-state index contributed by atoms with van der Waals surface area (Å²) in [6, 6.07) is 10.4. The number of amides is 1. The number of H-pyrrole nitrogens is 1. The molecule has 1 aliphatic heterocycles. The van der Waals surface area contributed by atoms with Crippen molar-refractivity contribution in [3.8, 4) is 11.5 Å². The third kappa shape index (κ3) is 4.31. The van der Waals surface area contributed by atoms with Crippen LogP contribution in [-0.4, -0.2) is 36.6 Å². The zero-order chi connectivity index (χ0) is 22.7. The molecule has 2 aromatic carbocycles. The molecular weight excluding hydrogens is 402 g/mol. The van der Waals surface area contributed by atoms with Crippen molar-refractivity contribution in [3.05, 3.63) is 65.5 Å². The molecule has 168 valence electrons. The number of aromatic amines is 1. The molecule has 0 aliphatic carbocycles. The molecule has 2 heterocycles. The molecule has 0 saturated heterocycles. The van der Waals surface area contributed by atoms with Crippen molar-refractivity contribution in [2.45, 2.75) is 39.2 Å². The highest BCUT2D eigenvalue weighted by Crippen LogP contribution is 2.40. The Bertz CT molecular complexity index is 1130. The van der Waals surface area contributed by atoms with Crippen LogP contribution < -0.4 is 14.8 Å². The van der Waals surface area contributed by atoms with E-state index in [0.717, 1.165) is 59.6 Å². The number of aromatic nitrogens is 1. The van der Waals surface area contributed by atoms with Crippen LogP contribution >= 0.6 is 0 Å². The van der Waals surface area contributed by atoms with Gasteiger partial charge in [0.15, 0.2) is 11.5 Å². The molecular formula is C26H31N3O3. The molecule has 2 N–H and O–H groups in total. The maximum atomic E-state index is 11.9. The van der Waals surface area contributed by atoms with Crippen molar-refractivity contribution in [1.82, 2.24) is 9.88 Å². The lowest BCUT2D eigenvalue weighted by Crippen LogP contribution is -2.34. The predicted octanol–water partition coefficient (Wildman–Crippen LogP) is 5.21. The summed E-state index contributed by atoms with van der Waals surface area (Å²) < 4.78 is 11.3. The summed E-state index contributed by atoms with van der Waals surface area (Å²) >= 11 is 0. The molecule has 1 aromatic heterocycles. The summed E-state index contributed by atoms with van der Waals surface area (Å²) in [4.78, 5) is 17.2. The van der Waals surface area contributed by atoms with Crippen molar-refractivity contribution < 1.29 is 14.3 Å². The molecule has 4 rings (SSSR count). The number of methoxy groups -OCH3 is 1. The normalized spacial score (nSPS) is 15.3. The van der Waals surface area contributed by atoms with Gasteiger partial charge in [0.25, 0.3) is 0 Å². The molecule has 1 aliphatic rings. The number of nitrogens with zero attached hydrogens (tertiary/aromatic N) is 1. The van der Waals surface area contributed by atoms with Gasteiger partial charge in [-0.25, -0.2) is 0 Å². The first kappa shape index (κ1) is 21.8. The van der Waals surface area contributed by atoms with Gasteiger partial charge in [-0.2, -0.15) is 0 Å². The number of rotatable bonds is 9. The molecule has 0 spiro atoms. The third-order valence-electron chi connectivity index (χ3n) is 6.07. The molecule has 0 bridgehead atoms. The fourth-order valence-electron chi connectivity index (χ4n) is 4.61. The van der Waals surface area contributed by atoms with Gasteiger partial charge in [0, 0.05) is 35.0 Å². The summed E-state index contributed by atoms with van der Waals surface area (Å²) in [6.45, 7) is 9.11. The largest absolute Gasteiger partial charge is 0.493 e. The number of allylic oxidation sites excluding steroid dienone is 1. The van der Waals surface area contributed by atoms with Gasteiger partial charge in [-0.1, -0.05) is 6.58 Å². The summed E-state index contributed by atoms with van der Waals surface area (Å²) in [5.41, 5.74) is 6.64. The molecule has 0 fully saturated rings. The Morgan fingerprint density at radius 3 is 2.88 bits per heavy atom. The summed E-state index contributed by atoms with van der Waals surface area (Å²) in [5.74, 6) is 1.48. The van der Waals surface area contributed by atoms with Crippen LogP contribution in [0.2, 0.25) is 0 Å². The van der Waals surface area contributed by atoms with E-state index in [1.807, 2.05) is 24.8 Å². The fraction of sp³-hybridized carbons (Fsp3) is 0.346. The molecule has 3 aromatic rings. The quantitative estimate of drug-likeness (QED) is 0.455. The first-order valence-corrected chi connectivity index (χ1v) is 11.1. The van der Waals surface area contributed by atoms with Crippen molar-refractivity contribution in [1.29, 1.82) is 0 Å². The van der Waals surface area contributed by atoms with E-state index >= 15 is 0 Å². The second-order valence-electron chi connectivity index (χ2n) is 8.26. The van der Waals surface area contributed by atoms with Gasteiger partial charge in [-0.3, -0.25) is 4.79 Å². The smallest absolute Gasteiger partial charge is 0.210 e. The average Bonchev–Trinajstić information content (AvgIpc) is 3.19. The van der Waals surface area contributed by atoms with Crippen molar-refractivity contribution >= 4 is 23.0 Å². The molecule has 0 radical (unpaired) electrons. The number of aryl methyl sites for hydroxylation is 1. The van der Waals surface area contributed by atoms with Crippen molar-refractivity contribution in [2.24, 2.45) is 0 Å². The second-order valence-corrected chi connectivity index (χ2v) is 8.26. The van der Waals surface area contributed by atoms with Crippen LogP contribution in [0.1, 0.15) is 43.0 Å². The van der Waals surface area contributed by atoms with Gasteiger partial charge in [0.1, 0.15) is 0 Å². The Morgan fingerprint density at radius 1 is 1.31 bits per heavy atom. The highest BCUT2D eigenvalue weighted by molar-refractivity contribution is 5.86. The maximum absolute atomic E-state index is 11.9. The average molecular weight is 434 g/mol. The number of hydrogen-bond donors (Lipinski definition) is 2. The van der Waals surface area contributed by atoms with E-state index in [9.17, 15) is 4.79 Å². The lowest BCUT2D eigenvalue weighted by atomic mass is 9.88. The monoisotopic (exact) mass is 433 g/mol. The first-order chi connectivity index (χ1) is 15.5. The molecule has 1 amide bonds. The SMILES string of the molecule is C=C(C)Nc1ccc2[nH]cc(CCC3c4cc(OCC)c(OC)cc4CCN3C=O)c2c1. The Balaban J connectivity index is 1.63.